The molecule has 0 spiro atoms. The highest BCUT2D eigenvalue weighted by Gasteiger charge is 2.18. The first kappa shape index (κ1) is 15.1. The summed E-state index contributed by atoms with van der Waals surface area (Å²) < 4.78 is 6.40. The predicted octanol–water partition coefficient (Wildman–Crippen LogP) is 0.163. The van der Waals surface area contributed by atoms with Crippen molar-refractivity contribution in [3.8, 4) is 0 Å². The van der Waals surface area contributed by atoms with E-state index in [4.69, 9.17) is 4.74 Å². The van der Waals surface area contributed by atoms with Gasteiger partial charge in [0.25, 0.3) is 11.2 Å². The Bertz CT molecular complexity index is 826. The van der Waals surface area contributed by atoms with E-state index in [0.29, 0.717) is 26.3 Å². The zero-order chi connectivity index (χ0) is 16.4. The van der Waals surface area contributed by atoms with Crippen LogP contribution in [0, 0.1) is 10.1 Å². The van der Waals surface area contributed by atoms with E-state index < -0.39 is 10.5 Å². The first-order valence-electron chi connectivity index (χ1n) is 7.05. The standard InChI is InChI=1S/C14H14N4O5/c19-13(16-3-5-23-6-4-16)8-17-9-15-12-7-10(18(21)22)1-2-11(12)14(17)20/h1-2,7,9H,3-6,8H2. The van der Waals surface area contributed by atoms with E-state index in [2.05, 4.69) is 4.98 Å². The number of morpholine rings is 1. The topological polar surface area (TPSA) is 108 Å². The third-order valence-electron chi connectivity index (χ3n) is 3.69. The molecular weight excluding hydrogens is 304 g/mol. The maximum absolute atomic E-state index is 12.4. The van der Waals surface area contributed by atoms with Crippen LogP contribution >= 0.6 is 0 Å². The molecule has 0 unspecified atom stereocenters. The number of non-ortho nitro benzene ring substituents is 1. The van der Waals surface area contributed by atoms with Crippen LogP contribution in [0.1, 0.15) is 0 Å². The Kier molecular flexibility index (Phi) is 4.02. The fraction of sp³-hybridized carbons (Fsp3) is 0.357. The van der Waals surface area contributed by atoms with Gasteiger partial charge in [-0.3, -0.25) is 24.3 Å². The Morgan fingerprint density at radius 1 is 1.35 bits per heavy atom. The van der Waals surface area contributed by atoms with Crippen molar-refractivity contribution in [2.75, 3.05) is 26.3 Å². The first-order valence-corrected chi connectivity index (χ1v) is 7.05. The fourth-order valence-electron chi connectivity index (χ4n) is 2.43. The maximum Gasteiger partial charge on any atom is 0.271 e. The lowest BCUT2D eigenvalue weighted by atomic mass is 10.2. The van der Waals surface area contributed by atoms with Crippen molar-refractivity contribution in [3.63, 3.8) is 0 Å². The van der Waals surface area contributed by atoms with E-state index in [-0.39, 0.29) is 29.0 Å². The molecule has 1 aromatic heterocycles. The minimum atomic E-state index is -0.547. The number of nitro benzene ring substituents is 1. The molecule has 1 fully saturated rings. The molecule has 23 heavy (non-hydrogen) atoms. The van der Waals surface area contributed by atoms with Gasteiger partial charge >= 0.3 is 0 Å². The van der Waals surface area contributed by atoms with Crippen LogP contribution in [-0.2, 0) is 16.1 Å². The van der Waals surface area contributed by atoms with Crippen LogP contribution in [0.2, 0.25) is 0 Å². The summed E-state index contributed by atoms with van der Waals surface area (Å²) in [4.78, 5) is 40.5. The summed E-state index contributed by atoms with van der Waals surface area (Å²) in [5, 5.41) is 11.0. The van der Waals surface area contributed by atoms with E-state index in [9.17, 15) is 19.7 Å². The van der Waals surface area contributed by atoms with Gasteiger partial charge in [-0.2, -0.15) is 0 Å². The third-order valence-corrected chi connectivity index (χ3v) is 3.69. The molecule has 1 aromatic carbocycles. The third kappa shape index (κ3) is 3.04. The lowest BCUT2D eigenvalue weighted by molar-refractivity contribution is -0.384. The van der Waals surface area contributed by atoms with Crippen LogP contribution in [0.25, 0.3) is 10.9 Å². The minimum Gasteiger partial charge on any atom is -0.378 e. The van der Waals surface area contributed by atoms with Crippen LogP contribution in [0.3, 0.4) is 0 Å². The van der Waals surface area contributed by atoms with Gasteiger partial charge in [-0.25, -0.2) is 4.98 Å². The van der Waals surface area contributed by atoms with Crippen molar-refractivity contribution >= 4 is 22.5 Å². The summed E-state index contributed by atoms with van der Waals surface area (Å²) in [6.07, 6.45) is 1.24. The number of amides is 1. The lowest BCUT2D eigenvalue weighted by Crippen LogP contribution is -2.43. The summed E-state index contributed by atoms with van der Waals surface area (Å²) >= 11 is 0. The molecule has 1 aliphatic rings. The summed E-state index contributed by atoms with van der Waals surface area (Å²) in [7, 11) is 0. The quantitative estimate of drug-likeness (QED) is 0.589. The zero-order valence-electron chi connectivity index (χ0n) is 12.2. The van der Waals surface area contributed by atoms with Crippen molar-refractivity contribution in [2.24, 2.45) is 0 Å². The van der Waals surface area contributed by atoms with Crippen molar-refractivity contribution in [3.05, 3.63) is 45.0 Å². The molecule has 0 bridgehead atoms. The summed E-state index contributed by atoms with van der Waals surface area (Å²) in [5.74, 6) is -0.182. The van der Waals surface area contributed by atoms with E-state index in [1.807, 2.05) is 0 Å². The lowest BCUT2D eigenvalue weighted by Gasteiger charge is -2.27. The average molecular weight is 318 g/mol. The Labute approximate surface area is 130 Å². The number of ether oxygens (including phenoxy) is 1. The highest BCUT2D eigenvalue weighted by atomic mass is 16.6. The van der Waals surface area contributed by atoms with Crippen LogP contribution in [0.15, 0.2) is 29.3 Å². The summed E-state index contributed by atoms with van der Waals surface area (Å²) in [6.45, 7) is 1.86. The smallest absolute Gasteiger partial charge is 0.271 e. The number of carbonyl (C=O) groups excluding carboxylic acids is 1. The van der Waals surface area contributed by atoms with Gasteiger partial charge in [0.05, 0.1) is 35.4 Å². The molecular formula is C14H14N4O5. The summed E-state index contributed by atoms with van der Waals surface area (Å²) in [5.41, 5.74) is -0.294. The highest BCUT2D eigenvalue weighted by molar-refractivity contribution is 5.80. The number of carbonyl (C=O) groups is 1. The monoisotopic (exact) mass is 318 g/mol. The predicted molar refractivity (Wildman–Crippen MR) is 80.1 cm³/mol. The molecule has 9 nitrogen and oxygen atoms in total. The largest absolute Gasteiger partial charge is 0.378 e. The van der Waals surface area contributed by atoms with Crippen molar-refractivity contribution < 1.29 is 14.5 Å². The van der Waals surface area contributed by atoms with Gasteiger partial charge in [0.2, 0.25) is 5.91 Å². The van der Waals surface area contributed by atoms with Gasteiger partial charge < -0.3 is 9.64 Å². The second kappa shape index (κ2) is 6.13. The first-order chi connectivity index (χ1) is 11.1. The fourth-order valence-corrected chi connectivity index (χ4v) is 2.43. The van der Waals surface area contributed by atoms with Crippen LogP contribution < -0.4 is 5.56 Å². The van der Waals surface area contributed by atoms with Gasteiger partial charge in [-0.15, -0.1) is 0 Å². The minimum absolute atomic E-state index is 0.112. The van der Waals surface area contributed by atoms with Crippen LogP contribution in [0.5, 0.6) is 0 Å². The molecule has 1 aliphatic heterocycles. The number of rotatable bonds is 3. The molecule has 3 rings (SSSR count). The molecule has 120 valence electrons. The Morgan fingerprint density at radius 3 is 2.78 bits per heavy atom. The normalized spacial score (nSPS) is 14.9. The number of nitrogens with zero attached hydrogens (tertiary/aromatic N) is 4. The number of fused-ring (bicyclic) bond motifs is 1. The molecule has 9 heteroatoms. The molecule has 0 atom stereocenters. The van der Waals surface area contributed by atoms with E-state index in [0.717, 1.165) is 0 Å². The zero-order valence-corrected chi connectivity index (χ0v) is 12.2. The van der Waals surface area contributed by atoms with Crippen LogP contribution in [0.4, 0.5) is 5.69 Å². The second-order valence-electron chi connectivity index (χ2n) is 5.13. The van der Waals surface area contributed by atoms with Gasteiger partial charge in [-0.1, -0.05) is 0 Å². The maximum atomic E-state index is 12.4. The Hall–Kier alpha value is -2.81. The molecule has 0 N–H and O–H groups in total. The van der Waals surface area contributed by atoms with Crippen molar-refractivity contribution in [1.29, 1.82) is 0 Å². The number of aromatic nitrogens is 2. The molecule has 0 aliphatic carbocycles. The Balaban J connectivity index is 1.88. The SMILES string of the molecule is O=C(Cn1cnc2cc([N+](=O)[O-])ccc2c1=O)N1CCOCC1. The number of hydrogen-bond acceptors (Lipinski definition) is 6. The van der Waals surface area contributed by atoms with E-state index in [1.165, 1.54) is 29.1 Å². The van der Waals surface area contributed by atoms with Crippen LogP contribution in [-0.4, -0.2) is 51.6 Å². The Morgan fingerprint density at radius 2 is 2.09 bits per heavy atom. The van der Waals surface area contributed by atoms with Crippen molar-refractivity contribution in [1.82, 2.24) is 14.5 Å². The number of benzene rings is 1. The molecule has 2 aromatic rings. The molecule has 1 saturated heterocycles. The van der Waals surface area contributed by atoms with Gasteiger partial charge in [0.15, 0.2) is 0 Å². The second-order valence-corrected chi connectivity index (χ2v) is 5.13. The number of hydrogen-bond donors (Lipinski definition) is 0. The molecule has 0 saturated carbocycles. The molecule has 2 heterocycles. The molecule has 1 amide bonds. The van der Waals surface area contributed by atoms with E-state index in [1.54, 1.807) is 4.90 Å². The van der Waals surface area contributed by atoms with Crippen molar-refractivity contribution in [2.45, 2.75) is 6.54 Å². The van der Waals surface area contributed by atoms with Gasteiger partial charge in [0, 0.05) is 25.2 Å². The number of nitro groups is 1. The average Bonchev–Trinajstić information content (AvgIpc) is 2.57. The van der Waals surface area contributed by atoms with Gasteiger partial charge in [0.1, 0.15) is 6.54 Å². The summed E-state index contributed by atoms with van der Waals surface area (Å²) in [6, 6.07) is 3.85. The van der Waals surface area contributed by atoms with E-state index >= 15 is 0 Å². The molecule has 0 radical (unpaired) electrons. The highest BCUT2D eigenvalue weighted by Crippen LogP contribution is 2.16. The van der Waals surface area contributed by atoms with Gasteiger partial charge in [-0.05, 0) is 6.07 Å².